The monoisotopic (exact) mass is 432 g/mol. The molecule has 0 saturated heterocycles. The van der Waals surface area contributed by atoms with Gasteiger partial charge in [-0.2, -0.15) is 0 Å². The highest BCUT2D eigenvalue weighted by Crippen LogP contribution is 2.31. The number of nitro groups is 1. The summed E-state index contributed by atoms with van der Waals surface area (Å²) in [5.74, 6) is 0.348. The van der Waals surface area contributed by atoms with Gasteiger partial charge in [-0.05, 0) is 55.7 Å². The number of carbonyl (C=O) groups excluding carboxylic acids is 1. The third kappa shape index (κ3) is 5.40. The van der Waals surface area contributed by atoms with E-state index in [0.717, 1.165) is 24.0 Å². The van der Waals surface area contributed by atoms with E-state index < -0.39 is 4.92 Å². The number of aromatic nitrogens is 1. The number of nitro benzene ring substituents is 1. The van der Waals surface area contributed by atoms with Crippen molar-refractivity contribution in [1.29, 1.82) is 0 Å². The summed E-state index contributed by atoms with van der Waals surface area (Å²) in [6.45, 7) is 2.28. The molecule has 1 heterocycles. The number of anilines is 1. The zero-order valence-electron chi connectivity index (χ0n) is 17.7. The second-order valence-corrected chi connectivity index (χ2v) is 7.82. The van der Waals surface area contributed by atoms with Crippen LogP contribution in [0, 0.1) is 10.1 Å². The second kappa shape index (κ2) is 9.47. The van der Waals surface area contributed by atoms with E-state index in [1.807, 2.05) is 43.3 Å². The highest BCUT2D eigenvalue weighted by atomic mass is 16.6. The van der Waals surface area contributed by atoms with Crippen LogP contribution in [0.1, 0.15) is 47.3 Å². The molecule has 1 aliphatic rings. The van der Waals surface area contributed by atoms with Crippen molar-refractivity contribution < 1.29 is 14.5 Å². The van der Waals surface area contributed by atoms with Crippen molar-refractivity contribution >= 4 is 17.3 Å². The molecule has 1 aromatic heterocycles. The minimum Gasteiger partial charge on any atom is -0.489 e. The van der Waals surface area contributed by atoms with Gasteiger partial charge in [0.05, 0.1) is 11.0 Å². The van der Waals surface area contributed by atoms with Crippen molar-refractivity contribution in [2.24, 2.45) is 0 Å². The van der Waals surface area contributed by atoms with Crippen LogP contribution in [0.4, 0.5) is 11.4 Å². The summed E-state index contributed by atoms with van der Waals surface area (Å²) in [7, 11) is 0. The van der Waals surface area contributed by atoms with Crippen molar-refractivity contribution in [2.45, 2.75) is 38.5 Å². The van der Waals surface area contributed by atoms with Gasteiger partial charge in [-0.3, -0.25) is 19.9 Å². The Kier molecular flexibility index (Phi) is 6.30. The smallest absolute Gasteiger partial charge is 0.293 e. The molecule has 1 amide bonds. The van der Waals surface area contributed by atoms with Crippen molar-refractivity contribution in [3.05, 3.63) is 93.8 Å². The maximum absolute atomic E-state index is 12.7. The fourth-order valence-corrected chi connectivity index (χ4v) is 3.26. The normalized spacial score (nSPS) is 13.8. The molecule has 0 radical (unpaired) electrons. The molecular formula is C24H24N4O4. The van der Waals surface area contributed by atoms with Gasteiger partial charge in [0.25, 0.3) is 11.6 Å². The van der Waals surface area contributed by atoms with E-state index >= 15 is 0 Å². The molecule has 1 saturated carbocycles. The minimum atomic E-state index is -0.463. The third-order valence-electron chi connectivity index (χ3n) is 5.25. The molecule has 8 heteroatoms. The summed E-state index contributed by atoms with van der Waals surface area (Å²) >= 11 is 0. The summed E-state index contributed by atoms with van der Waals surface area (Å²) in [5.41, 5.74) is 2.48. The highest BCUT2D eigenvalue weighted by molar-refractivity contribution is 5.96. The summed E-state index contributed by atoms with van der Waals surface area (Å²) in [6.07, 6.45) is 5.48. The number of hydrogen-bond acceptors (Lipinski definition) is 6. The van der Waals surface area contributed by atoms with Crippen LogP contribution in [-0.4, -0.2) is 21.9 Å². The average Bonchev–Trinajstić information content (AvgIpc) is 3.63. The molecule has 1 aliphatic carbocycles. The van der Waals surface area contributed by atoms with Crippen LogP contribution in [0.15, 0.2) is 67.0 Å². The first-order valence-electron chi connectivity index (χ1n) is 10.5. The largest absolute Gasteiger partial charge is 0.489 e. The Bertz CT molecular complexity index is 1100. The Morgan fingerprint density at radius 1 is 1.22 bits per heavy atom. The Morgan fingerprint density at radius 3 is 2.66 bits per heavy atom. The Hall–Kier alpha value is -3.94. The van der Waals surface area contributed by atoms with Crippen molar-refractivity contribution in [2.75, 3.05) is 5.32 Å². The lowest BCUT2D eigenvalue weighted by Crippen LogP contribution is -2.26. The first-order chi connectivity index (χ1) is 15.5. The van der Waals surface area contributed by atoms with E-state index in [0.29, 0.717) is 18.0 Å². The highest BCUT2D eigenvalue weighted by Gasteiger charge is 2.25. The van der Waals surface area contributed by atoms with Crippen LogP contribution >= 0.6 is 0 Å². The number of rotatable bonds is 9. The Morgan fingerprint density at radius 2 is 2.00 bits per heavy atom. The van der Waals surface area contributed by atoms with Gasteiger partial charge in [0.15, 0.2) is 0 Å². The number of amides is 1. The summed E-state index contributed by atoms with van der Waals surface area (Å²) in [5, 5.41) is 17.5. The van der Waals surface area contributed by atoms with Crippen molar-refractivity contribution in [1.82, 2.24) is 10.3 Å². The van der Waals surface area contributed by atoms with Gasteiger partial charge in [0.2, 0.25) is 0 Å². The van der Waals surface area contributed by atoms with Gasteiger partial charge in [0.1, 0.15) is 18.0 Å². The molecule has 0 aliphatic heterocycles. The lowest BCUT2D eigenvalue weighted by molar-refractivity contribution is -0.384. The lowest BCUT2D eigenvalue weighted by atomic mass is 10.1. The Balaban J connectivity index is 1.37. The molecular weight excluding hydrogens is 408 g/mol. The SMILES string of the molecule is CC(NC(=O)c1ccc(NC2CC2)c([N+](=O)[O-])c1)c1ccc(OCc2cccnc2)cc1. The van der Waals surface area contributed by atoms with E-state index in [4.69, 9.17) is 4.74 Å². The van der Waals surface area contributed by atoms with Crippen molar-refractivity contribution in [3.8, 4) is 5.75 Å². The molecule has 1 atom stereocenters. The molecule has 2 aromatic carbocycles. The minimum absolute atomic E-state index is 0.0904. The Labute approximate surface area is 185 Å². The number of benzene rings is 2. The van der Waals surface area contributed by atoms with E-state index in [9.17, 15) is 14.9 Å². The van der Waals surface area contributed by atoms with E-state index in [-0.39, 0.29) is 29.2 Å². The predicted molar refractivity (Wildman–Crippen MR) is 121 cm³/mol. The van der Waals surface area contributed by atoms with Crippen molar-refractivity contribution in [3.63, 3.8) is 0 Å². The van der Waals surface area contributed by atoms with Crippen LogP contribution in [0.5, 0.6) is 5.75 Å². The van der Waals surface area contributed by atoms with Gasteiger partial charge in [-0.1, -0.05) is 18.2 Å². The molecule has 0 bridgehead atoms. The molecule has 2 N–H and O–H groups in total. The van der Waals surface area contributed by atoms with E-state index in [1.165, 1.54) is 6.07 Å². The number of hydrogen-bond donors (Lipinski definition) is 2. The number of carbonyl (C=O) groups is 1. The number of pyridine rings is 1. The molecule has 1 unspecified atom stereocenters. The summed E-state index contributed by atoms with van der Waals surface area (Å²) in [4.78, 5) is 27.7. The van der Waals surface area contributed by atoms with E-state index in [2.05, 4.69) is 15.6 Å². The van der Waals surface area contributed by atoms with Crippen LogP contribution < -0.4 is 15.4 Å². The fourth-order valence-electron chi connectivity index (χ4n) is 3.26. The predicted octanol–water partition coefficient (Wildman–Crippen LogP) is 4.63. The van der Waals surface area contributed by atoms with Gasteiger partial charge >= 0.3 is 0 Å². The molecule has 8 nitrogen and oxygen atoms in total. The molecule has 1 fully saturated rings. The molecule has 164 valence electrons. The zero-order chi connectivity index (χ0) is 22.5. The third-order valence-corrected chi connectivity index (χ3v) is 5.25. The number of nitrogens with one attached hydrogen (secondary N) is 2. The second-order valence-electron chi connectivity index (χ2n) is 7.82. The van der Waals surface area contributed by atoms with Gasteiger partial charge in [-0.25, -0.2) is 0 Å². The standard InChI is InChI=1S/C24H24N4O4/c1-16(18-4-9-21(10-5-18)32-15-17-3-2-12-25-14-17)26-24(29)19-6-11-22(27-20-7-8-20)23(13-19)28(30)31/h2-6,9-14,16,20,27H,7-8,15H2,1H3,(H,26,29). The molecule has 32 heavy (non-hydrogen) atoms. The number of nitrogens with zero attached hydrogens (tertiary/aromatic N) is 2. The topological polar surface area (TPSA) is 106 Å². The zero-order valence-corrected chi connectivity index (χ0v) is 17.7. The maximum Gasteiger partial charge on any atom is 0.293 e. The first-order valence-corrected chi connectivity index (χ1v) is 10.5. The lowest BCUT2D eigenvalue weighted by Gasteiger charge is -2.15. The van der Waals surface area contributed by atoms with Gasteiger partial charge < -0.3 is 15.4 Å². The summed E-state index contributed by atoms with van der Waals surface area (Å²) < 4.78 is 5.76. The van der Waals surface area contributed by atoms with Crippen LogP contribution in [0.2, 0.25) is 0 Å². The summed E-state index contributed by atoms with van der Waals surface area (Å²) in [6, 6.07) is 15.8. The quantitative estimate of drug-likeness (QED) is 0.377. The van der Waals surface area contributed by atoms with Crippen LogP contribution in [0.3, 0.4) is 0 Å². The van der Waals surface area contributed by atoms with Crippen LogP contribution in [0.25, 0.3) is 0 Å². The number of ether oxygens (including phenoxy) is 1. The average molecular weight is 432 g/mol. The molecule has 3 aromatic rings. The van der Waals surface area contributed by atoms with Gasteiger partial charge in [-0.15, -0.1) is 0 Å². The first kappa shape index (κ1) is 21.3. The fraction of sp³-hybridized carbons (Fsp3) is 0.250. The van der Waals surface area contributed by atoms with E-state index in [1.54, 1.807) is 24.5 Å². The van der Waals surface area contributed by atoms with Crippen LogP contribution in [-0.2, 0) is 6.61 Å². The molecule has 4 rings (SSSR count). The van der Waals surface area contributed by atoms with Gasteiger partial charge in [0, 0.05) is 35.6 Å². The maximum atomic E-state index is 12.7. The molecule has 0 spiro atoms.